The molecule has 2 aromatic rings. The third-order valence-corrected chi connectivity index (χ3v) is 4.90. The maximum Gasteiger partial charge on any atom is 0.128 e. The monoisotopic (exact) mass is 291 g/mol. The molecular formula is C16H21NO2S. The van der Waals surface area contributed by atoms with Crippen molar-refractivity contribution in [3.8, 4) is 5.75 Å². The van der Waals surface area contributed by atoms with E-state index >= 15 is 0 Å². The number of aromatic nitrogens is 1. The average Bonchev–Trinajstić information content (AvgIpc) is 2.74. The van der Waals surface area contributed by atoms with Gasteiger partial charge in [0, 0.05) is 39.2 Å². The van der Waals surface area contributed by atoms with Gasteiger partial charge < -0.3 is 9.84 Å². The van der Waals surface area contributed by atoms with Crippen molar-refractivity contribution in [3.63, 3.8) is 0 Å². The van der Waals surface area contributed by atoms with Gasteiger partial charge in [-0.1, -0.05) is 0 Å². The van der Waals surface area contributed by atoms with Gasteiger partial charge in [0.1, 0.15) is 5.75 Å². The molecule has 4 heteroatoms. The second-order valence-corrected chi connectivity index (χ2v) is 6.44. The Labute approximate surface area is 124 Å². The fourth-order valence-corrected chi connectivity index (χ4v) is 3.36. The van der Waals surface area contributed by atoms with E-state index in [1.165, 1.54) is 10.4 Å². The SMILES string of the molecule is COc1c(C)cnc(CC(O)c2cc(C)c(C)s2)c1C. The lowest BCUT2D eigenvalue weighted by Gasteiger charge is -2.14. The van der Waals surface area contributed by atoms with Crippen LogP contribution in [0.5, 0.6) is 5.75 Å². The molecule has 0 bridgehead atoms. The van der Waals surface area contributed by atoms with Crippen LogP contribution < -0.4 is 4.74 Å². The van der Waals surface area contributed by atoms with E-state index < -0.39 is 6.10 Å². The van der Waals surface area contributed by atoms with Crippen LogP contribution in [0.15, 0.2) is 12.3 Å². The number of aliphatic hydroxyl groups is 1. The zero-order valence-electron chi connectivity index (χ0n) is 12.7. The highest BCUT2D eigenvalue weighted by Gasteiger charge is 2.17. The first-order valence-corrected chi connectivity index (χ1v) is 7.49. The highest BCUT2D eigenvalue weighted by molar-refractivity contribution is 7.12. The van der Waals surface area contributed by atoms with Gasteiger partial charge >= 0.3 is 0 Å². The van der Waals surface area contributed by atoms with Crippen molar-refractivity contribution in [2.45, 2.75) is 40.2 Å². The molecular weight excluding hydrogens is 270 g/mol. The van der Waals surface area contributed by atoms with Gasteiger partial charge in [0.05, 0.1) is 13.2 Å². The number of aliphatic hydroxyl groups excluding tert-OH is 1. The van der Waals surface area contributed by atoms with Gasteiger partial charge in [-0.25, -0.2) is 0 Å². The molecule has 3 nitrogen and oxygen atoms in total. The van der Waals surface area contributed by atoms with Crippen LogP contribution in [-0.2, 0) is 6.42 Å². The molecule has 0 spiro atoms. The summed E-state index contributed by atoms with van der Waals surface area (Å²) in [6.45, 7) is 8.12. The van der Waals surface area contributed by atoms with Crippen molar-refractivity contribution in [1.29, 1.82) is 0 Å². The minimum absolute atomic E-state index is 0.508. The lowest BCUT2D eigenvalue weighted by molar-refractivity contribution is 0.180. The van der Waals surface area contributed by atoms with Crippen LogP contribution in [0.3, 0.4) is 0 Å². The van der Waals surface area contributed by atoms with Gasteiger partial charge in [-0.2, -0.15) is 0 Å². The molecule has 0 radical (unpaired) electrons. The van der Waals surface area contributed by atoms with Gasteiger partial charge in [-0.15, -0.1) is 11.3 Å². The van der Waals surface area contributed by atoms with E-state index in [4.69, 9.17) is 4.74 Å². The van der Waals surface area contributed by atoms with Crippen LogP contribution in [0.2, 0.25) is 0 Å². The van der Waals surface area contributed by atoms with Gasteiger partial charge in [0.25, 0.3) is 0 Å². The fourth-order valence-electron chi connectivity index (χ4n) is 2.33. The van der Waals surface area contributed by atoms with E-state index in [1.54, 1.807) is 24.6 Å². The molecule has 0 amide bonds. The highest BCUT2D eigenvalue weighted by atomic mass is 32.1. The van der Waals surface area contributed by atoms with Crippen molar-refractivity contribution < 1.29 is 9.84 Å². The molecule has 1 unspecified atom stereocenters. The molecule has 2 rings (SSSR count). The molecule has 0 aliphatic carbocycles. The van der Waals surface area contributed by atoms with Crippen LogP contribution >= 0.6 is 11.3 Å². The minimum Gasteiger partial charge on any atom is -0.496 e. The molecule has 108 valence electrons. The van der Waals surface area contributed by atoms with Gasteiger partial charge in [0.15, 0.2) is 0 Å². The second-order valence-electron chi connectivity index (χ2n) is 5.15. The Balaban J connectivity index is 2.26. The Bertz CT molecular complexity index is 600. The lowest BCUT2D eigenvalue weighted by atomic mass is 10.0. The Kier molecular flexibility index (Phi) is 4.45. The number of rotatable bonds is 4. The van der Waals surface area contributed by atoms with Crippen molar-refractivity contribution in [3.05, 3.63) is 44.4 Å². The van der Waals surface area contributed by atoms with E-state index in [0.29, 0.717) is 6.42 Å². The molecule has 2 aromatic heterocycles. The Morgan fingerprint density at radius 3 is 2.50 bits per heavy atom. The zero-order chi connectivity index (χ0) is 14.9. The first-order chi connectivity index (χ1) is 9.43. The topological polar surface area (TPSA) is 42.4 Å². The summed E-state index contributed by atoms with van der Waals surface area (Å²) in [4.78, 5) is 6.70. The minimum atomic E-state index is -0.508. The number of methoxy groups -OCH3 is 1. The molecule has 0 saturated carbocycles. The number of ether oxygens (including phenoxy) is 1. The number of hydrogen-bond donors (Lipinski definition) is 1. The second kappa shape index (κ2) is 5.94. The standard InChI is InChI=1S/C16H21NO2S/c1-9-6-15(20-12(9)4)14(18)7-13-11(3)16(19-5)10(2)8-17-13/h6,8,14,18H,7H2,1-5H3. The van der Waals surface area contributed by atoms with Crippen molar-refractivity contribution in [2.24, 2.45) is 0 Å². The molecule has 0 fully saturated rings. The van der Waals surface area contributed by atoms with Crippen LogP contribution in [0.1, 0.15) is 38.2 Å². The summed E-state index contributed by atoms with van der Waals surface area (Å²) < 4.78 is 5.41. The molecule has 0 aromatic carbocycles. The predicted molar refractivity (Wildman–Crippen MR) is 82.7 cm³/mol. The van der Waals surface area contributed by atoms with Gasteiger partial charge in [0.2, 0.25) is 0 Å². The zero-order valence-corrected chi connectivity index (χ0v) is 13.5. The summed E-state index contributed by atoms with van der Waals surface area (Å²) in [5.41, 5.74) is 4.15. The lowest BCUT2D eigenvalue weighted by Crippen LogP contribution is -2.05. The van der Waals surface area contributed by atoms with Crippen LogP contribution in [0.25, 0.3) is 0 Å². The Hall–Kier alpha value is -1.39. The largest absolute Gasteiger partial charge is 0.496 e. The fraction of sp³-hybridized carbons (Fsp3) is 0.438. The molecule has 0 aliphatic heterocycles. The van der Waals surface area contributed by atoms with Crippen molar-refractivity contribution in [2.75, 3.05) is 7.11 Å². The van der Waals surface area contributed by atoms with E-state index in [0.717, 1.165) is 27.4 Å². The van der Waals surface area contributed by atoms with Gasteiger partial charge in [-0.3, -0.25) is 4.98 Å². The third-order valence-electron chi connectivity index (χ3n) is 3.65. The quantitative estimate of drug-likeness (QED) is 0.934. The number of pyridine rings is 1. The Morgan fingerprint density at radius 1 is 1.25 bits per heavy atom. The number of thiophene rings is 1. The highest BCUT2D eigenvalue weighted by Crippen LogP contribution is 2.31. The number of nitrogens with zero attached hydrogens (tertiary/aromatic N) is 1. The average molecular weight is 291 g/mol. The molecule has 0 aliphatic rings. The van der Waals surface area contributed by atoms with Crippen LogP contribution in [-0.4, -0.2) is 17.2 Å². The maximum absolute atomic E-state index is 10.4. The van der Waals surface area contributed by atoms with Crippen LogP contribution in [0.4, 0.5) is 0 Å². The van der Waals surface area contributed by atoms with Crippen molar-refractivity contribution in [1.82, 2.24) is 4.98 Å². The Morgan fingerprint density at radius 2 is 1.95 bits per heavy atom. The number of aryl methyl sites for hydroxylation is 3. The smallest absolute Gasteiger partial charge is 0.128 e. The summed E-state index contributed by atoms with van der Waals surface area (Å²) >= 11 is 1.65. The summed E-state index contributed by atoms with van der Waals surface area (Å²) in [6, 6.07) is 2.06. The van der Waals surface area contributed by atoms with E-state index in [2.05, 4.69) is 24.9 Å². The summed E-state index contributed by atoms with van der Waals surface area (Å²) in [6.07, 6.45) is 1.81. The summed E-state index contributed by atoms with van der Waals surface area (Å²) in [5, 5.41) is 10.4. The number of hydrogen-bond acceptors (Lipinski definition) is 4. The third kappa shape index (κ3) is 2.86. The van der Waals surface area contributed by atoms with E-state index in [-0.39, 0.29) is 0 Å². The summed E-state index contributed by atoms with van der Waals surface area (Å²) in [5.74, 6) is 0.862. The summed E-state index contributed by atoms with van der Waals surface area (Å²) in [7, 11) is 1.67. The molecule has 0 saturated heterocycles. The molecule has 2 heterocycles. The van der Waals surface area contributed by atoms with E-state index in [9.17, 15) is 5.11 Å². The van der Waals surface area contributed by atoms with E-state index in [1.807, 2.05) is 13.8 Å². The predicted octanol–water partition coefficient (Wildman–Crippen LogP) is 3.66. The molecule has 20 heavy (non-hydrogen) atoms. The van der Waals surface area contributed by atoms with Crippen molar-refractivity contribution >= 4 is 11.3 Å². The van der Waals surface area contributed by atoms with Crippen LogP contribution in [0, 0.1) is 27.7 Å². The maximum atomic E-state index is 10.4. The first-order valence-electron chi connectivity index (χ1n) is 6.68. The first kappa shape index (κ1) is 15.0. The molecule has 1 atom stereocenters. The normalized spacial score (nSPS) is 12.5. The molecule has 1 N–H and O–H groups in total. The van der Waals surface area contributed by atoms with Gasteiger partial charge in [-0.05, 0) is 39.3 Å².